The molecule has 0 aliphatic heterocycles. The van der Waals surface area contributed by atoms with Gasteiger partial charge in [-0.1, -0.05) is 11.6 Å². The molecule has 0 aliphatic carbocycles. The van der Waals surface area contributed by atoms with Gasteiger partial charge in [0.15, 0.2) is 0 Å². The van der Waals surface area contributed by atoms with Crippen LogP contribution < -0.4 is 0 Å². The molecule has 0 aliphatic rings. The summed E-state index contributed by atoms with van der Waals surface area (Å²) in [4.78, 5) is 23.0. The van der Waals surface area contributed by atoms with E-state index in [0.29, 0.717) is 5.76 Å². The summed E-state index contributed by atoms with van der Waals surface area (Å²) in [5.74, 6) is -0.769. The van der Waals surface area contributed by atoms with Gasteiger partial charge in [-0.3, -0.25) is 4.79 Å². The maximum Gasteiger partial charge on any atom is 0.351 e. The Morgan fingerprint density at radius 2 is 2.00 bits per heavy atom. The normalized spacial score (nSPS) is 11.7. The van der Waals surface area contributed by atoms with Crippen molar-refractivity contribution in [3.05, 3.63) is 35.1 Å². The number of benzene rings is 1. The molecule has 0 saturated carbocycles. The number of hydrogen-bond acceptors (Lipinski definition) is 4. The van der Waals surface area contributed by atoms with Gasteiger partial charge in [-0.05, 0) is 32.9 Å². The molecule has 116 valence electrons. The van der Waals surface area contributed by atoms with E-state index < -0.39 is 5.97 Å². The molecule has 0 spiro atoms. The minimum absolute atomic E-state index is 0.106. The van der Waals surface area contributed by atoms with Gasteiger partial charge in [0.25, 0.3) is 0 Å². The number of amides is 1. The average Bonchev–Trinajstić information content (AvgIpc) is 2.74. The lowest BCUT2D eigenvalue weighted by Gasteiger charge is -2.11. The number of likely N-dealkylation sites (N-methyl/N-ethyl adjacent to an activating group) is 1. The fraction of sp³-hybridized carbons (Fsp3) is 0.312. The summed E-state index contributed by atoms with van der Waals surface area (Å²) in [6.07, 6.45) is 0.106. The number of nitrogens with zero attached hydrogens (tertiary/aromatic N) is 2. The molecule has 1 aromatic carbocycles. The SMILES string of the molecule is C/C(=N\N(C)C(=O)Cc1c(C)oc2ccc(C)cc12)C(=O)O. The molecular formula is C16H18N2O4. The Morgan fingerprint density at radius 3 is 2.64 bits per heavy atom. The van der Waals surface area contributed by atoms with E-state index in [1.54, 1.807) is 0 Å². The topological polar surface area (TPSA) is 83.1 Å². The van der Waals surface area contributed by atoms with Crippen LogP contribution in [0.1, 0.15) is 23.8 Å². The first-order valence-corrected chi connectivity index (χ1v) is 6.83. The zero-order chi connectivity index (χ0) is 16.4. The Bertz CT molecular complexity index is 774. The third-order valence-corrected chi connectivity index (χ3v) is 3.45. The first-order chi connectivity index (χ1) is 10.3. The van der Waals surface area contributed by atoms with Gasteiger partial charge in [0.1, 0.15) is 17.1 Å². The molecule has 0 bridgehead atoms. The van der Waals surface area contributed by atoms with E-state index in [0.717, 1.165) is 27.1 Å². The van der Waals surface area contributed by atoms with Gasteiger partial charge in [0, 0.05) is 18.0 Å². The maximum atomic E-state index is 12.2. The van der Waals surface area contributed by atoms with Crippen molar-refractivity contribution < 1.29 is 19.1 Å². The van der Waals surface area contributed by atoms with Crippen molar-refractivity contribution in [1.29, 1.82) is 0 Å². The van der Waals surface area contributed by atoms with Crippen LogP contribution in [0.2, 0.25) is 0 Å². The number of aliphatic carboxylic acids is 1. The van der Waals surface area contributed by atoms with Crippen molar-refractivity contribution in [2.75, 3.05) is 7.05 Å². The average molecular weight is 302 g/mol. The molecule has 1 N–H and O–H groups in total. The van der Waals surface area contributed by atoms with Crippen LogP contribution in [0.3, 0.4) is 0 Å². The zero-order valence-electron chi connectivity index (χ0n) is 13.0. The van der Waals surface area contributed by atoms with Crippen molar-refractivity contribution in [3.63, 3.8) is 0 Å². The van der Waals surface area contributed by atoms with Gasteiger partial charge >= 0.3 is 5.97 Å². The van der Waals surface area contributed by atoms with Gasteiger partial charge in [0.2, 0.25) is 5.91 Å². The highest BCUT2D eigenvalue weighted by Gasteiger charge is 2.17. The number of carbonyl (C=O) groups is 2. The van der Waals surface area contributed by atoms with Crippen LogP contribution in [0.15, 0.2) is 27.7 Å². The van der Waals surface area contributed by atoms with Gasteiger partial charge in [-0.15, -0.1) is 0 Å². The predicted octanol–water partition coefficient (Wildman–Crippen LogP) is 2.51. The number of carbonyl (C=O) groups excluding carboxylic acids is 1. The monoisotopic (exact) mass is 302 g/mol. The van der Waals surface area contributed by atoms with Gasteiger partial charge in [-0.2, -0.15) is 5.10 Å². The fourth-order valence-corrected chi connectivity index (χ4v) is 2.19. The Morgan fingerprint density at radius 1 is 1.32 bits per heavy atom. The van der Waals surface area contributed by atoms with E-state index in [-0.39, 0.29) is 18.0 Å². The zero-order valence-corrected chi connectivity index (χ0v) is 13.0. The number of carboxylic acids is 1. The molecule has 0 radical (unpaired) electrons. The quantitative estimate of drug-likeness (QED) is 0.695. The van der Waals surface area contributed by atoms with E-state index in [1.165, 1.54) is 14.0 Å². The van der Waals surface area contributed by atoms with Crippen molar-refractivity contribution in [2.24, 2.45) is 5.10 Å². The van der Waals surface area contributed by atoms with Crippen molar-refractivity contribution in [1.82, 2.24) is 5.01 Å². The minimum atomic E-state index is -1.15. The van der Waals surface area contributed by atoms with Crippen LogP contribution in [0.4, 0.5) is 0 Å². The molecule has 6 heteroatoms. The number of hydrazone groups is 1. The summed E-state index contributed by atoms with van der Waals surface area (Å²) < 4.78 is 5.65. The molecule has 0 fully saturated rings. The van der Waals surface area contributed by atoms with Crippen LogP contribution in [-0.4, -0.2) is 34.8 Å². The van der Waals surface area contributed by atoms with E-state index in [9.17, 15) is 9.59 Å². The summed E-state index contributed by atoms with van der Waals surface area (Å²) in [5, 5.41) is 14.5. The third kappa shape index (κ3) is 3.16. The molecule has 0 atom stereocenters. The molecule has 0 unspecified atom stereocenters. The number of carboxylic acid groups (broad SMARTS) is 1. The molecular weight excluding hydrogens is 284 g/mol. The molecule has 1 aromatic heterocycles. The lowest BCUT2D eigenvalue weighted by molar-refractivity contribution is -0.130. The Labute approximate surface area is 128 Å². The lowest BCUT2D eigenvalue weighted by Crippen LogP contribution is -2.26. The smallest absolute Gasteiger partial charge is 0.351 e. The predicted molar refractivity (Wildman–Crippen MR) is 82.9 cm³/mol. The second kappa shape index (κ2) is 6.01. The van der Waals surface area contributed by atoms with Crippen LogP contribution in [0.5, 0.6) is 0 Å². The molecule has 0 saturated heterocycles. The number of rotatable bonds is 4. The molecule has 1 amide bonds. The van der Waals surface area contributed by atoms with Crippen LogP contribution in [0.25, 0.3) is 11.0 Å². The lowest BCUT2D eigenvalue weighted by atomic mass is 10.1. The molecule has 6 nitrogen and oxygen atoms in total. The van der Waals surface area contributed by atoms with Crippen molar-refractivity contribution in [2.45, 2.75) is 27.2 Å². The van der Waals surface area contributed by atoms with E-state index >= 15 is 0 Å². The van der Waals surface area contributed by atoms with E-state index in [4.69, 9.17) is 9.52 Å². The van der Waals surface area contributed by atoms with Crippen LogP contribution >= 0.6 is 0 Å². The Hall–Kier alpha value is -2.63. The van der Waals surface area contributed by atoms with Gasteiger partial charge in [0.05, 0.1) is 6.42 Å². The summed E-state index contributed by atoms with van der Waals surface area (Å²) in [6.45, 7) is 5.12. The summed E-state index contributed by atoms with van der Waals surface area (Å²) in [7, 11) is 1.44. The van der Waals surface area contributed by atoms with Crippen LogP contribution in [0, 0.1) is 13.8 Å². The second-order valence-corrected chi connectivity index (χ2v) is 5.22. The highest BCUT2D eigenvalue weighted by Crippen LogP contribution is 2.27. The van der Waals surface area contributed by atoms with Crippen LogP contribution in [-0.2, 0) is 16.0 Å². The third-order valence-electron chi connectivity index (χ3n) is 3.45. The highest BCUT2D eigenvalue weighted by molar-refractivity contribution is 6.34. The summed E-state index contributed by atoms with van der Waals surface area (Å²) >= 11 is 0. The standard InChI is InChI=1S/C16H18N2O4/c1-9-5-6-14-13(7-9)12(11(3)22-14)8-15(19)18(4)17-10(2)16(20)21/h5-7H,8H2,1-4H3,(H,20,21)/b17-10+. The van der Waals surface area contributed by atoms with Gasteiger partial charge < -0.3 is 9.52 Å². The molecule has 1 heterocycles. The van der Waals surface area contributed by atoms with Gasteiger partial charge in [-0.25, -0.2) is 9.80 Å². The van der Waals surface area contributed by atoms with E-state index in [1.807, 2.05) is 32.0 Å². The molecule has 2 rings (SSSR count). The minimum Gasteiger partial charge on any atom is -0.477 e. The second-order valence-electron chi connectivity index (χ2n) is 5.22. The highest BCUT2D eigenvalue weighted by atomic mass is 16.4. The number of aryl methyl sites for hydroxylation is 2. The fourth-order valence-electron chi connectivity index (χ4n) is 2.19. The van der Waals surface area contributed by atoms with Crippen molar-refractivity contribution >= 4 is 28.6 Å². The Balaban J connectivity index is 2.29. The maximum absolute atomic E-state index is 12.2. The van der Waals surface area contributed by atoms with Crippen molar-refractivity contribution in [3.8, 4) is 0 Å². The first kappa shape index (κ1) is 15.8. The Kier molecular flexibility index (Phi) is 4.30. The summed E-state index contributed by atoms with van der Waals surface area (Å²) in [6, 6.07) is 5.80. The number of hydrogen-bond donors (Lipinski definition) is 1. The molecule has 22 heavy (non-hydrogen) atoms. The largest absolute Gasteiger partial charge is 0.477 e. The molecule has 2 aromatic rings. The van der Waals surface area contributed by atoms with E-state index in [2.05, 4.69) is 5.10 Å². The number of fused-ring (bicyclic) bond motifs is 1. The summed E-state index contributed by atoms with van der Waals surface area (Å²) in [5.41, 5.74) is 2.48. The first-order valence-electron chi connectivity index (χ1n) is 6.83. The number of furan rings is 1.